The van der Waals surface area contributed by atoms with Crippen molar-refractivity contribution in [2.24, 2.45) is 0 Å². The van der Waals surface area contributed by atoms with Crippen molar-refractivity contribution in [3.8, 4) is 5.88 Å². The van der Waals surface area contributed by atoms with Crippen LogP contribution < -0.4 is 15.0 Å². The molecule has 0 bridgehead atoms. The topological polar surface area (TPSA) is 57.7 Å². The van der Waals surface area contributed by atoms with Crippen molar-refractivity contribution in [1.29, 1.82) is 0 Å². The lowest BCUT2D eigenvalue weighted by Crippen LogP contribution is -2.46. The second kappa shape index (κ2) is 8.86. The number of benzene rings is 1. The Morgan fingerprint density at radius 3 is 2.63 bits per heavy atom. The summed E-state index contributed by atoms with van der Waals surface area (Å²) < 4.78 is 5.45. The predicted octanol–water partition coefficient (Wildman–Crippen LogP) is 3.18. The molecule has 6 nitrogen and oxygen atoms in total. The number of aryl methyl sites for hydroxylation is 1. The van der Waals surface area contributed by atoms with E-state index in [2.05, 4.69) is 40.0 Å². The molecule has 2 heterocycles. The van der Waals surface area contributed by atoms with Crippen LogP contribution in [0.1, 0.15) is 29.8 Å². The molecule has 1 aromatic heterocycles. The van der Waals surface area contributed by atoms with Crippen LogP contribution in [-0.2, 0) is 0 Å². The number of amides is 1. The largest absolute Gasteiger partial charge is 0.477 e. The average Bonchev–Trinajstić information content (AvgIpc) is 2.69. The molecule has 6 heteroatoms. The van der Waals surface area contributed by atoms with Crippen molar-refractivity contribution in [2.45, 2.75) is 20.8 Å². The Morgan fingerprint density at radius 2 is 1.96 bits per heavy atom. The van der Waals surface area contributed by atoms with Crippen LogP contribution in [0.4, 0.5) is 11.4 Å². The van der Waals surface area contributed by atoms with Gasteiger partial charge in [0, 0.05) is 43.8 Å². The quantitative estimate of drug-likeness (QED) is 0.849. The van der Waals surface area contributed by atoms with E-state index in [1.54, 1.807) is 18.3 Å². The highest BCUT2D eigenvalue weighted by Gasteiger charge is 2.18. The van der Waals surface area contributed by atoms with Crippen LogP contribution in [0.5, 0.6) is 5.88 Å². The number of aromatic nitrogens is 1. The van der Waals surface area contributed by atoms with Crippen molar-refractivity contribution in [1.82, 2.24) is 9.88 Å². The van der Waals surface area contributed by atoms with Gasteiger partial charge in [0.05, 0.1) is 6.61 Å². The number of nitrogens with zero attached hydrogens (tertiary/aromatic N) is 3. The zero-order valence-electron chi connectivity index (χ0n) is 16.4. The van der Waals surface area contributed by atoms with E-state index in [0.29, 0.717) is 18.1 Å². The molecule has 1 saturated heterocycles. The van der Waals surface area contributed by atoms with Gasteiger partial charge >= 0.3 is 0 Å². The van der Waals surface area contributed by atoms with Gasteiger partial charge in [-0.15, -0.1) is 0 Å². The third-order valence-electron chi connectivity index (χ3n) is 4.91. The number of carbonyl (C=O) groups is 1. The highest BCUT2D eigenvalue weighted by molar-refractivity contribution is 6.05. The molecule has 1 fully saturated rings. The molecule has 144 valence electrons. The minimum atomic E-state index is -0.213. The maximum atomic E-state index is 12.6. The molecule has 0 saturated carbocycles. The summed E-state index contributed by atoms with van der Waals surface area (Å²) in [6.07, 6.45) is 1.62. The second-order valence-electron chi connectivity index (χ2n) is 6.67. The number of piperazine rings is 1. The molecule has 2 aromatic rings. The molecule has 0 atom stereocenters. The molecular weight excluding hydrogens is 340 g/mol. The molecule has 1 aromatic carbocycles. The van der Waals surface area contributed by atoms with Gasteiger partial charge < -0.3 is 19.9 Å². The number of pyridine rings is 1. The molecule has 1 aliphatic heterocycles. The Kier molecular flexibility index (Phi) is 6.29. The van der Waals surface area contributed by atoms with Crippen LogP contribution in [0.25, 0.3) is 0 Å². The zero-order chi connectivity index (χ0) is 19.2. The van der Waals surface area contributed by atoms with Gasteiger partial charge in [0.2, 0.25) is 5.88 Å². The molecule has 1 N–H and O–H groups in total. The highest BCUT2D eigenvalue weighted by Crippen LogP contribution is 2.25. The van der Waals surface area contributed by atoms with Crippen molar-refractivity contribution in [2.75, 3.05) is 49.5 Å². The fourth-order valence-electron chi connectivity index (χ4n) is 3.41. The third kappa shape index (κ3) is 4.57. The lowest BCUT2D eigenvalue weighted by molar-refractivity contribution is 0.102. The van der Waals surface area contributed by atoms with Gasteiger partial charge in [-0.2, -0.15) is 0 Å². The summed E-state index contributed by atoms with van der Waals surface area (Å²) in [6.45, 7) is 12.0. The molecule has 0 spiro atoms. The molecular formula is C21H28N4O2. The zero-order valence-corrected chi connectivity index (χ0v) is 16.4. The number of likely N-dealkylation sites (N-methyl/N-ethyl adjacent to an activating group) is 1. The number of carbonyl (C=O) groups excluding carboxylic acids is 1. The highest BCUT2D eigenvalue weighted by atomic mass is 16.5. The first kappa shape index (κ1) is 19.2. The molecule has 0 aliphatic carbocycles. The predicted molar refractivity (Wildman–Crippen MR) is 109 cm³/mol. The van der Waals surface area contributed by atoms with E-state index < -0.39 is 0 Å². The van der Waals surface area contributed by atoms with Gasteiger partial charge in [-0.05, 0) is 56.3 Å². The summed E-state index contributed by atoms with van der Waals surface area (Å²) in [5.41, 5.74) is 3.62. The van der Waals surface area contributed by atoms with Gasteiger partial charge in [-0.25, -0.2) is 4.98 Å². The molecule has 1 aliphatic rings. The van der Waals surface area contributed by atoms with Crippen LogP contribution in [0.3, 0.4) is 0 Å². The van der Waals surface area contributed by atoms with Crippen molar-refractivity contribution < 1.29 is 9.53 Å². The summed E-state index contributed by atoms with van der Waals surface area (Å²) >= 11 is 0. The van der Waals surface area contributed by atoms with Gasteiger partial charge in [-0.1, -0.05) is 6.92 Å². The first-order valence-electron chi connectivity index (χ1n) is 9.59. The summed E-state index contributed by atoms with van der Waals surface area (Å²) in [5.74, 6) is 0.148. The Balaban J connectivity index is 1.70. The summed E-state index contributed by atoms with van der Waals surface area (Å²) in [6, 6.07) is 9.54. The van der Waals surface area contributed by atoms with Crippen LogP contribution in [0, 0.1) is 6.92 Å². The van der Waals surface area contributed by atoms with Gasteiger partial charge in [0.15, 0.2) is 0 Å². The Bertz CT molecular complexity index is 786. The van der Waals surface area contributed by atoms with E-state index in [4.69, 9.17) is 4.74 Å². The standard InChI is InChI=1S/C21H28N4O2/c1-4-24-11-13-25(14-12-24)19-9-8-17(15-16(19)3)23-20(26)18-7-6-10-22-21(18)27-5-2/h6-10,15H,4-5,11-14H2,1-3H3,(H,23,26). The van der Waals surface area contributed by atoms with E-state index in [1.165, 1.54) is 5.69 Å². The fraction of sp³-hybridized carbons (Fsp3) is 0.429. The number of ether oxygens (including phenoxy) is 1. The number of hydrogen-bond acceptors (Lipinski definition) is 5. The maximum Gasteiger partial charge on any atom is 0.261 e. The Labute approximate surface area is 161 Å². The SMILES string of the molecule is CCOc1ncccc1C(=O)Nc1ccc(N2CCN(CC)CC2)c(C)c1. The van der Waals surface area contributed by atoms with Gasteiger partial charge in [0.25, 0.3) is 5.91 Å². The fourth-order valence-corrected chi connectivity index (χ4v) is 3.41. The summed E-state index contributed by atoms with van der Waals surface area (Å²) in [5, 5.41) is 2.96. The summed E-state index contributed by atoms with van der Waals surface area (Å²) in [4.78, 5) is 21.7. The van der Waals surface area contributed by atoms with Crippen molar-refractivity contribution >= 4 is 17.3 Å². The lowest BCUT2D eigenvalue weighted by Gasteiger charge is -2.36. The smallest absolute Gasteiger partial charge is 0.261 e. The van der Waals surface area contributed by atoms with Gasteiger partial charge in [0.1, 0.15) is 5.56 Å². The second-order valence-corrected chi connectivity index (χ2v) is 6.67. The van der Waals surface area contributed by atoms with E-state index in [-0.39, 0.29) is 5.91 Å². The Hall–Kier alpha value is -2.60. The van der Waals surface area contributed by atoms with E-state index in [9.17, 15) is 4.79 Å². The molecule has 0 unspecified atom stereocenters. The average molecular weight is 368 g/mol. The number of hydrogen-bond donors (Lipinski definition) is 1. The Morgan fingerprint density at radius 1 is 1.19 bits per heavy atom. The van der Waals surface area contributed by atoms with Crippen molar-refractivity contribution in [3.63, 3.8) is 0 Å². The van der Waals surface area contributed by atoms with Crippen molar-refractivity contribution in [3.05, 3.63) is 47.7 Å². The number of anilines is 2. The monoisotopic (exact) mass is 368 g/mol. The minimum Gasteiger partial charge on any atom is -0.477 e. The molecule has 0 radical (unpaired) electrons. The third-order valence-corrected chi connectivity index (χ3v) is 4.91. The molecule has 3 rings (SSSR count). The number of nitrogens with one attached hydrogen (secondary N) is 1. The van der Waals surface area contributed by atoms with Gasteiger partial charge in [-0.3, -0.25) is 4.79 Å². The molecule has 27 heavy (non-hydrogen) atoms. The van der Waals surface area contributed by atoms with Crippen LogP contribution in [-0.4, -0.2) is 55.1 Å². The maximum absolute atomic E-state index is 12.6. The van der Waals surface area contributed by atoms with E-state index >= 15 is 0 Å². The van der Waals surface area contributed by atoms with E-state index in [1.807, 2.05) is 19.1 Å². The normalized spacial score (nSPS) is 14.9. The van der Waals surface area contributed by atoms with Crippen LogP contribution in [0.2, 0.25) is 0 Å². The molecule has 1 amide bonds. The first-order valence-corrected chi connectivity index (χ1v) is 9.59. The lowest BCUT2D eigenvalue weighted by atomic mass is 10.1. The van der Waals surface area contributed by atoms with Crippen LogP contribution >= 0.6 is 0 Å². The van der Waals surface area contributed by atoms with Crippen LogP contribution in [0.15, 0.2) is 36.5 Å². The minimum absolute atomic E-state index is 0.213. The summed E-state index contributed by atoms with van der Waals surface area (Å²) in [7, 11) is 0. The first-order chi connectivity index (χ1) is 13.1. The number of rotatable bonds is 6. The van der Waals surface area contributed by atoms with E-state index in [0.717, 1.165) is 44.0 Å².